The molecule has 1 aliphatic carbocycles. The van der Waals surface area contributed by atoms with Gasteiger partial charge in [-0.05, 0) is 61.4 Å². The number of fused-ring (bicyclic) bond motifs is 1. The van der Waals surface area contributed by atoms with Crippen LogP contribution in [0.25, 0.3) is 10.9 Å². The van der Waals surface area contributed by atoms with Gasteiger partial charge >= 0.3 is 5.97 Å². The van der Waals surface area contributed by atoms with E-state index < -0.39 is 11.4 Å². The minimum Gasteiger partial charge on any atom is -0.477 e. The highest BCUT2D eigenvalue weighted by molar-refractivity contribution is 6.01. The molecule has 1 amide bonds. The van der Waals surface area contributed by atoms with Gasteiger partial charge in [-0.25, -0.2) is 4.79 Å². The lowest BCUT2D eigenvalue weighted by molar-refractivity contribution is 0.0649. The summed E-state index contributed by atoms with van der Waals surface area (Å²) in [5, 5.41) is 9.87. The van der Waals surface area contributed by atoms with Gasteiger partial charge < -0.3 is 14.6 Å². The monoisotopic (exact) mass is 416 g/mol. The fourth-order valence-electron chi connectivity index (χ4n) is 4.30. The van der Waals surface area contributed by atoms with Crippen molar-refractivity contribution in [2.45, 2.75) is 38.6 Å². The lowest BCUT2D eigenvalue weighted by Gasteiger charge is -2.31. The molecule has 1 saturated heterocycles. The maximum atomic E-state index is 13.2. The summed E-state index contributed by atoms with van der Waals surface area (Å²) in [6, 6.07) is 11.8. The summed E-state index contributed by atoms with van der Waals surface area (Å²) in [6.07, 6.45) is 4.94. The van der Waals surface area contributed by atoms with Crippen molar-refractivity contribution >= 4 is 22.8 Å². The van der Waals surface area contributed by atoms with Crippen LogP contribution in [-0.4, -0.2) is 39.5 Å². The van der Waals surface area contributed by atoms with E-state index in [0.29, 0.717) is 36.0 Å². The Morgan fingerprint density at radius 1 is 1.06 bits per heavy atom. The summed E-state index contributed by atoms with van der Waals surface area (Å²) in [5.41, 5.74) is 3.58. The number of hydrogen-bond acceptors (Lipinski definition) is 3. The van der Waals surface area contributed by atoms with Crippen LogP contribution in [0.2, 0.25) is 0 Å². The minimum absolute atomic E-state index is 0.0881. The van der Waals surface area contributed by atoms with E-state index in [0.717, 1.165) is 36.0 Å². The molecule has 1 N–H and O–H groups in total. The number of carboxylic acids is 1. The number of rotatable bonds is 5. The third kappa shape index (κ3) is 3.42. The van der Waals surface area contributed by atoms with Gasteiger partial charge in [0, 0.05) is 36.3 Å². The number of benzene rings is 2. The second kappa shape index (κ2) is 7.38. The molecule has 0 spiro atoms. The van der Waals surface area contributed by atoms with Crippen molar-refractivity contribution in [3.8, 4) is 0 Å². The van der Waals surface area contributed by atoms with E-state index in [9.17, 15) is 19.5 Å². The van der Waals surface area contributed by atoms with Crippen molar-refractivity contribution in [2.75, 3.05) is 13.1 Å². The summed E-state index contributed by atoms with van der Waals surface area (Å²) in [7, 11) is 0. The first-order chi connectivity index (χ1) is 14.9. The number of amides is 1. The summed E-state index contributed by atoms with van der Waals surface area (Å²) in [6.45, 7) is 3.47. The molecule has 0 radical (unpaired) electrons. The predicted molar refractivity (Wildman–Crippen MR) is 118 cm³/mol. The molecule has 3 aromatic rings. The molecule has 2 fully saturated rings. The Morgan fingerprint density at radius 2 is 1.81 bits per heavy atom. The van der Waals surface area contributed by atoms with E-state index in [4.69, 9.17) is 0 Å². The van der Waals surface area contributed by atoms with E-state index in [-0.39, 0.29) is 17.5 Å². The molecule has 6 nitrogen and oxygen atoms in total. The van der Waals surface area contributed by atoms with Gasteiger partial charge in [-0.15, -0.1) is 0 Å². The minimum atomic E-state index is -1.24. The Bertz CT molecular complexity index is 1280. The van der Waals surface area contributed by atoms with E-state index in [2.05, 4.69) is 6.07 Å². The Balaban J connectivity index is 1.75. The van der Waals surface area contributed by atoms with Crippen LogP contribution in [0, 0.1) is 6.92 Å². The third-order valence-electron chi connectivity index (χ3n) is 6.44. The van der Waals surface area contributed by atoms with Gasteiger partial charge in [-0.3, -0.25) is 9.59 Å². The number of hydrogen-bond donors (Lipinski definition) is 1. The first-order valence-corrected chi connectivity index (χ1v) is 10.7. The van der Waals surface area contributed by atoms with Crippen molar-refractivity contribution < 1.29 is 14.7 Å². The molecule has 0 bridgehead atoms. The maximum absolute atomic E-state index is 13.2. The molecule has 1 aromatic heterocycles. The van der Waals surface area contributed by atoms with Crippen molar-refractivity contribution in [2.24, 2.45) is 0 Å². The van der Waals surface area contributed by atoms with Crippen LogP contribution in [0.1, 0.15) is 62.7 Å². The molecule has 0 unspecified atom stereocenters. The highest BCUT2D eigenvalue weighted by Crippen LogP contribution is 2.37. The molecular weight excluding hydrogens is 392 g/mol. The largest absolute Gasteiger partial charge is 0.477 e. The van der Waals surface area contributed by atoms with Crippen LogP contribution in [-0.2, 0) is 6.42 Å². The Labute approximate surface area is 179 Å². The molecule has 0 atom stereocenters. The highest BCUT2D eigenvalue weighted by atomic mass is 16.4. The number of aryl methyl sites for hydroxylation is 1. The number of likely N-dealkylation sites (tertiary alicyclic amines) is 1. The molecule has 158 valence electrons. The van der Waals surface area contributed by atoms with Gasteiger partial charge in [0.2, 0.25) is 5.43 Å². The molecule has 31 heavy (non-hydrogen) atoms. The molecule has 2 aromatic carbocycles. The van der Waals surface area contributed by atoms with Gasteiger partial charge in [0.25, 0.3) is 5.91 Å². The van der Waals surface area contributed by atoms with Crippen molar-refractivity contribution in [3.63, 3.8) is 0 Å². The highest BCUT2D eigenvalue weighted by Gasteiger charge is 2.29. The summed E-state index contributed by atoms with van der Waals surface area (Å²) >= 11 is 0. The molecule has 1 aliphatic heterocycles. The second-order valence-corrected chi connectivity index (χ2v) is 8.59. The zero-order valence-electron chi connectivity index (χ0n) is 17.4. The average Bonchev–Trinajstić information content (AvgIpc) is 3.53. The number of aromatic nitrogens is 1. The second-order valence-electron chi connectivity index (χ2n) is 8.59. The average molecular weight is 416 g/mol. The van der Waals surface area contributed by atoms with Gasteiger partial charge in [0.15, 0.2) is 0 Å². The number of nitrogens with zero attached hydrogens (tertiary/aromatic N) is 2. The quantitative estimate of drug-likeness (QED) is 0.687. The van der Waals surface area contributed by atoms with E-state index in [1.54, 1.807) is 11.0 Å². The number of carbonyl (C=O) groups excluding carboxylic acids is 1. The zero-order valence-corrected chi connectivity index (χ0v) is 17.4. The van der Waals surface area contributed by atoms with Crippen molar-refractivity contribution in [1.82, 2.24) is 9.47 Å². The topological polar surface area (TPSA) is 79.6 Å². The predicted octanol–water partition coefficient (Wildman–Crippen LogP) is 3.78. The fourth-order valence-corrected chi connectivity index (χ4v) is 4.30. The maximum Gasteiger partial charge on any atom is 0.341 e. The SMILES string of the molecule is Cc1ccccc1Cc1cc2c(cc1C(=O)N1CCC1)c(=O)c(C(=O)O)cn2C1CC1. The van der Waals surface area contributed by atoms with E-state index in [1.807, 2.05) is 35.8 Å². The fraction of sp³-hybridized carbons (Fsp3) is 0.320. The normalized spacial score (nSPS) is 15.7. The lowest BCUT2D eigenvalue weighted by Crippen LogP contribution is -2.42. The van der Waals surface area contributed by atoms with Crippen molar-refractivity contribution in [3.05, 3.63) is 80.6 Å². The lowest BCUT2D eigenvalue weighted by atomic mass is 9.93. The van der Waals surface area contributed by atoms with Gasteiger partial charge in [0.1, 0.15) is 5.56 Å². The van der Waals surface area contributed by atoms with Crippen LogP contribution in [0.15, 0.2) is 47.4 Å². The first kappa shape index (κ1) is 19.5. The Kier molecular flexibility index (Phi) is 4.65. The van der Waals surface area contributed by atoms with Crippen molar-refractivity contribution in [1.29, 1.82) is 0 Å². The van der Waals surface area contributed by atoms with E-state index >= 15 is 0 Å². The molecule has 5 rings (SSSR count). The smallest absolute Gasteiger partial charge is 0.341 e. The van der Waals surface area contributed by atoms with Gasteiger partial charge in [-0.2, -0.15) is 0 Å². The van der Waals surface area contributed by atoms with Crippen LogP contribution in [0.5, 0.6) is 0 Å². The summed E-state index contributed by atoms with van der Waals surface area (Å²) in [4.78, 5) is 39.7. The molecule has 2 aliphatic rings. The van der Waals surface area contributed by atoms with Gasteiger partial charge in [0.05, 0.1) is 5.52 Å². The Morgan fingerprint density at radius 3 is 2.42 bits per heavy atom. The van der Waals surface area contributed by atoms with Gasteiger partial charge in [-0.1, -0.05) is 24.3 Å². The molecular formula is C25H24N2O4. The third-order valence-corrected chi connectivity index (χ3v) is 6.44. The van der Waals surface area contributed by atoms with Crippen LogP contribution < -0.4 is 5.43 Å². The molecule has 1 saturated carbocycles. The zero-order chi connectivity index (χ0) is 21.7. The van der Waals surface area contributed by atoms with Crippen LogP contribution >= 0.6 is 0 Å². The standard InChI is InChI=1S/C25H24N2O4/c1-15-5-2-3-6-16(15)11-17-12-22-20(13-19(17)24(29)26-9-4-10-26)23(28)21(25(30)31)14-27(22)18-7-8-18/h2-3,5-6,12-14,18H,4,7-11H2,1H3,(H,30,31). The molecule has 6 heteroatoms. The van der Waals surface area contributed by atoms with Crippen LogP contribution in [0.3, 0.4) is 0 Å². The summed E-state index contributed by atoms with van der Waals surface area (Å²) < 4.78 is 1.92. The number of pyridine rings is 1. The first-order valence-electron chi connectivity index (χ1n) is 10.7. The van der Waals surface area contributed by atoms with E-state index in [1.165, 1.54) is 6.20 Å². The number of carboxylic acid groups (broad SMARTS) is 1. The number of aromatic carboxylic acids is 1. The van der Waals surface area contributed by atoms with Crippen LogP contribution in [0.4, 0.5) is 0 Å². The summed E-state index contributed by atoms with van der Waals surface area (Å²) in [5.74, 6) is -1.32. The number of carbonyl (C=O) groups is 2. The molecule has 2 heterocycles. The Hall–Kier alpha value is -3.41.